The highest BCUT2D eigenvalue weighted by Crippen LogP contribution is 2.18. The molecule has 114 valence electrons. The van der Waals surface area contributed by atoms with Gasteiger partial charge in [-0.1, -0.05) is 49.6 Å². The van der Waals surface area contributed by atoms with Gasteiger partial charge in [-0.15, -0.1) is 0 Å². The summed E-state index contributed by atoms with van der Waals surface area (Å²) in [6.45, 7) is 13.2. The monoisotopic (exact) mass is 276 g/mol. The molecule has 2 heteroatoms. The summed E-state index contributed by atoms with van der Waals surface area (Å²) >= 11 is 0. The average Bonchev–Trinajstić information content (AvgIpc) is 2.41. The molecule has 20 heavy (non-hydrogen) atoms. The maximum Gasteiger partial charge on any atom is 0.0424 e. The average molecular weight is 276 g/mol. The molecule has 0 aromatic heterocycles. The van der Waals surface area contributed by atoms with E-state index in [2.05, 4.69) is 57.7 Å². The molecule has 0 radical (unpaired) electrons. The first kappa shape index (κ1) is 17.2. The van der Waals surface area contributed by atoms with E-state index < -0.39 is 0 Å². The first-order valence-corrected chi connectivity index (χ1v) is 8.05. The van der Waals surface area contributed by atoms with Crippen LogP contribution >= 0.6 is 0 Å². The highest BCUT2D eigenvalue weighted by Gasteiger charge is 2.16. The van der Waals surface area contributed by atoms with Crippen LogP contribution in [0.15, 0.2) is 18.2 Å². The van der Waals surface area contributed by atoms with Gasteiger partial charge in [0, 0.05) is 18.6 Å². The first-order valence-electron chi connectivity index (χ1n) is 8.05. The summed E-state index contributed by atoms with van der Waals surface area (Å²) in [7, 11) is 0. The second kappa shape index (κ2) is 8.43. The molecule has 2 N–H and O–H groups in total. The van der Waals surface area contributed by atoms with E-state index in [-0.39, 0.29) is 6.04 Å². The van der Waals surface area contributed by atoms with Crippen molar-refractivity contribution in [3.8, 4) is 0 Å². The molecule has 2 nitrogen and oxygen atoms in total. The molecule has 0 saturated heterocycles. The predicted octanol–water partition coefficient (Wildman–Crippen LogP) is 4.20. The number of rotatable bonds is 8. The van der Waals surface area contributed by atoms with Gasteiger partial charge in [0.25, 0.3) is 0 Å². The molecule has 0 fully saturated rings. The minimum Gasteiger partial charge on any atom is -0.323 e. The first-order chi connectivity index (χ1) is 9.47. The normalized spacial score (nSPS) is 14.6. The van der Waals surface area contributed by atoms with E-state index in [1.807, 2.05) is 0 Å². The van der Waals surface area contributed by atoms with Crippen LogP contribution in [0, 0.1) is 13.8 Å². The van der Waals surface area contributed by atoms with Crippen LogP contribution in [0.5, 0.6) is 0 Å². The molecule has 1 aromatic rings. The lowest BCUT2D eigenvalue weighted by molar-refractivity contribution is 0.189. The maximum absolute atomic E-state index is 6.46. The predicted molar refractivity (Wildman–Crippen MR) is 89.1 cm³/mol. The van der Waals surface area contributed by atoms with Crippen LogP contribution < -0.4 is 5.73 Å². The molecule has 1 rings (SSSR count). The number of nitrogens with zero attached hydrogens (tertiary/aromatic N) is 1. The number of nitrogens with two attached hydrogens (primary N) is 1. The Morgan fingerprint density at radius 3 is 2.20 bits per heavy atom. The largest absolute Gasteiger partial charge is 0.323 e. The van der Waals surface area contributed by atoms with Gasteiger partial charge in [0.15, 0.2) is 0 Å². The minimum absolute atomic E-state index is 0.111. The van der Waals surface area contributed by atoms with E-state index in [1.165, 1.54) is 36.0 Å². The standard InChI is InChI=1S/C18H32N2/c1-6-8-9-20(16(5)7-2)13-18(19)17-11-14(3)10-15(4)12-17/h10-12,16,18H,6-9,13,19H2,1-5H3. The van der Waals surface area contributed by atoms with E-state index in [0.717, 1.165) is 13.1 Å². The highest BCUT2D eigenvalue weighted by molar-refractivity contribution is 5.30. The molecule has 0 aliphatic carbocycles. The summed E-state index contributed by atoms with van der Waals surface area (Å²) in [6.07, 6.45) is 3.68. The molecule has 0 amide bonds. The Morgan fingerprint density at radius 2 is 1.70 bits per heavy atom. The molecule has 0 aliphatic rings. The van der Waals surface area contributed by atoms with Crippen LogP contribution in [0.2, 0.25) is 0 Å². The van der Waals surface area contributed by atoms with Gasteiger partial charge in [-0.3, -0.25) is 4.90 Å². The summed E-state index contributed by atoms with van der Waals surface area (Å²) in [5.74, 6) is 0. The van der Waals surface area contributed by atoms with Gasteiger partial charge in [-0.2, -0.15) is 0 Å². The summed E-state index contributed by atoms with van der Waals surface area (Å²) in [5.41, 5.74) is 10.3. The second-order valence-corrected chi connectivity index (χ2v) is 6.13. The molecule has 2 atom stereocenters. The zero-order chi connectivity index (χ0) is 15.1. The third-order valence-corrected chi connectivity index (χ3v) is 4.12. The Hall–Kier alpha value is -0.860. The van der Waals surface area contributed by atoms with E-state index >= 15 is 0 Å². The number of benzene rings is 1. The van der Waals surface area contributed by atoms with E-state index in [9.17, 15) is 0 Å². The zero-order valence-corrected chi connectivity index (χ0v) is 13.9. The van der Waals surface area contributed by atoms with Gasteiger partial charge in [0.05, 0.1) is 0 Å². The Balaban J connectivity index is 2.75. The second-order valence-electron chi connectivity index (χ2n) is 6.13. The van der Waals surface area contributed by atoms with Gasteiger partial charge < -0.3 is 5.73 Å². The molecule has 0 bridgehead atoms. The Morgan fingerprint density at radius 1 is 1.10 bits per heavy atom. The van der Waals surface area contributed by atoms with Crippen molar-refractivity contribution in [1.29, 1.82) is 0 Å². The zero-order valence-electron chi connectivity index (χ0n) is 13.9. The molecule has 0 saturated carbocycles. The summed E-state index contributed by atoms with van der Waals surface area (Å²) in [5, 5.41) is 0. The van der Waals surface area contributed by atoms with Gasteiger partial charge in [0.1, 0.15) is 0 Å². The van der Waals surface area contributed by atoms with Gasteiger partial charge in [-0.05, 0) is 45.7 Å². The third-order valence-electron chi connectivity index (χ3n) is 4.12. The van der Waals surface area contributed by atoms with Crippen LogP contribution in [-0.4, -0.2) is 24.0 Å². The van der Waals surface area contributed by atoms with Crippen LogP contribution in [-0.2, 0) is 0 Å². The van der Waals surface area contributed by atoms with Crippen molar-refractivity contribution in [1.82, 2.24) is 4.90 Å². The fourth-order valence-electron chi connectivity index (χ4n) is 2.69. The van der Waals surface area contributed by atoms with Crippen LogP contribution in [0.1, 0.15) is 62.8 Å². The lowest BCUT2D eigenvalue weighted by atomic mass is 10.0. The molecule has 1 aromatic carbocycles. The lowest BCUT2D eigenvalue weighted by Crippen LogP contribution is -2.39. The van der Waals surface area contributed by atoms with Crippen molar-refractivity contribution in [2.45, 2.75) is 66.0 Å². The fourth-order valence-corrected chi connectivity index (χ4v) is 2.69. The van der Waals surface area contributed by atoms with Crippen LogP contribution in [0.25, 0.3) is 0 Å². The quantitative estimate of drug-likeness (QED) is 0.771. The van der Waals surface area contributed by atoms with Crippen molar-refractivity contribution >= 4 is 0 Å². The summed E-state index contributed by atoms with van der Waals surface area (Å²) < 4.78 is 0. The van der Waals surface area contributed by atoms with E-state index in [0.29, 0.717) is 6.04 Å². The van der Waals surface area contributed by atoms with Crippen molar-refractivity contribution in [3.63, 3.8) is 0 Å². The maximum atomic E-state index is 6.46. The molecule has 0 aliphatic heterocycles. The Bertz CT molecular complexity index is 380. The Labute approximate surface area is 125 Å². The number of unbranched alkanes of at least 4 members (excludes halogenated alkanes) is 1. The number of hydrogen-bond donors (Lipinski definition) is 1. The van der Waals surface area contributed by atoms with E-state index in [4.69, 9.17) is 5.73 Å². The Kier molecular flexibility index (Phi) is 7.25. The highest BCUT2D eigenvalue weighted by atomic mass is 15.2. The lowest BCUT2D eigenvalue weighted by Gasteiger charge is -2.31. The van der Waals surface area contributed by atoms with E-state index in [1.54, 1.807) is 0 Å². The van der Waals surface area contributed by atoms with Gasteiger partial charge >= 0.3 is 0 Å². The van der Waals surface area contributed by atoms with Crippen molar-refractivity contribution in [3.05, 3.63) is 34.9 Å². The number of aryl methyl sites for hydroxylation is 2. The topological polar surface area (TPSA) is 29.3 Å². The van der Waals surface area contributed by atoms with Crippen molar-refractivity contribution in [2.24, 2.45) is 5.73 Å². The fraction of sp³-hybridized carbons (Fsp3) is 0.667. The molecular formula is C18H32N2. The molecule has 0 spiro atoms. The van der Waals surface area contributed by atoms with Crippen molar-refractivity contribution < 1.29 is 0 Å². The van der Waals surface area contributed by atoms with Gasteiger partial charge in [-0.25, -0.2) is 0 Å². The molecule has 0 heterocycles. The number of hydrogen-bond acceptors (Lipinski definition) is 2. The smallest absolute Gasteiger partial charge is 0.0424 e. The molecule has 2 unspecified atom stereocenters. The minimum atomic E-state index is 0.111. The van der Waals surface area contributed by atoms with Crippen molar-refractivity contribution in [2.75, 3.05) is 13.1 Å². The molecular weight excluding hydrogens is 244 g/mol. The van der Waals surface area contributed by atoms with Gasteiger partial charge in [0.2, 0.25) is 0 Å². The summed E-state index contributed by atoms with van der Waals surface area (Å²) in [6, 6.07) is 7.39. The summed E-state index contributed by atoms with van der Waals surface area (Å²) in [4.78, 5) is 2.55. The third kappa shape index (κ3) is 5.26. The van der Waals surface area contributed by atoms with Crippen LogP contribution in [0.4, 0.5) is 0 Å². The van der Waals surface area contributed by atoms with Crippen LogP contribution in [0.3, 0.4) is 0 Å². The SMILES string of the molecule is CCCCN(CC(N)c1cc(C)cc(C)c1)C(C)CC.